The van der Waals surface area contributed by atoms with Gasteiger partial charge in [0, 0.05) is 29.9 Å². The minimum atomic E-state index is -0.179. The molecule has 1 aromatic heterocycles. The number of pyridine rings is 1. The lowest BCUT2D eigenvalue weighted by molar-refractivity contribution is 0.165. The van der Waals surface area contributed by atoms with Crippen LogP contribution in [0.5, 0.6) is 0 Å². The van der Waals surface area contributed by atoms with Gasteiger partial charge in [-0.05, 0) is 55.9 Å². The third kappa shape index (κ3) is 1.80. The van der Waals surface area contributed by atoms with Gasteiger partial charge >= 0.3 is 0 Å². The number of benzene rings is 1. The molecule has 1 aliphatic heterocycles. The first kappa shape index (κ1) is 12.1. The number of halogens is 1. The van der Waals surface area contributed by atoms with E-state index in [9.17, 15) is 4.39 Å². The van der Waals surface area contributed by atoms with Gasteiger partial charge in [0.2, 0.25) is 0 Å². The van der Waals surface area contributed by atoms with Crippen molar-refractivity contribution in [3.63, 3.8) is 0 Å². The summed E-state index contributed by atoms with van der Waals surface area (Å²) >= 11 is 0. The quantitative estimate of drug-likeness (QED) is 0.776. The number of rotatable bonds is 1. The van der Waals surface area contributed by atoms with Gasteiger partial charge in [-0.3, -0.25) is 4.98 Å². The molecule has 1 aromatic carbocycles. The summed E-state index contributed by atoms with van der Waals surface area (Å²) in [5, 5.41) is 0.951. The molecule has 20 heavy (non-hydrogen) atoms. The number of aromatic nitrogens is 1. The standard InChI is InChI=1S/C17H19FN2/c1-12-9-16(14-10-13(18)3-4-15(14)19-12)20-8-7-17(11-20)5-2-6-17/h3-4,9-10H,2,5-8,11H2,1H3. The molecule has 0 radical (unpaired) electrons. The van der Waals surface area contributed by atoms with Crippen molar-refractivity contribution in [2.24, 2.45) is 5.41 Å². The molecule has 2 aromatic rings. The lowest BCUT2D eigenvalue weighted by Gasteiger charge is -2.38. The average Bonchev–Trinajstić information content (AvgIpc) is 2.83. The predicted molar refractivity (Wildman–Crippen MR) is 79.6 cm³/mol. The summed E-state index contributed by atoms with van der Waals surface area (Å²) in [7, 11) is 0. The molecule has 0 atom stereocenters. The fourth-order valence-electron chi connectivity index (χ4n) is 3.80. The van der Waals surface area contributed by atoms with Crippen LogP contribution in [0.2, 0.25) is 0 Å². The van der Waals surface area contributed by atoms with E-state index >= 15 is 0 Å². The molecule has 1 saturated heterocycles. The Balaban J connectivity index is 1.80. The van der Waals surface area contributed by atoms with Crippen molar-refractivity contribution in [2.75, 3.05) is 18.0 Å². The topological polar surface area (TPSA) is 16.1 Å². The van der Waals surface area contributed by atoms with Gasteiger partial charge in [-0.15, -0.1) is 0 Å². The fraction of sp³-hybridized carbons (Fsp3) is 0.471. The van der Waals surface area contributed by atoms with E-state index in [-0.39, 0.29) is 5.82 Å². The van der Waals surface area contributed by atoms with E-state index in [0.717, 1.165) is 35.4 Å². The molecular weight excluding hydrogens is 251 g/mol. The van der Waals surface area contributed by atoms with Crippen molar-refractivity contribution >= 4 is 16.6 Å². The summed E-state index contributed by atoms with van der Waals surface area (Å²) in [4.78, 5) is 6.97. The highest BCUT2D eigenvalue weighted by atomic mass is 19.1. The minimum Gasteiger partial charge on any atom is -0.370 e. The fourth-order valence-corrected chi connectivity index (χ4v) is 3.80. The summed E-state index contributed by atoms with van der Waals surface area (Å²) in [6, 6.07) is 7.02. The Labute approximate surface area is 118 Å². The van der Waals surface area contributed by atoms with Crippen LogP contribution in [0.3, 0.4) is 0 Å². The van der Waals surface area contributed by atoms with Gasteiger partial charge in [0.15, 0.2) is 0 Å². The molecule has 0 unspecified atom stereocenters. The van der Waals surface area contributed by atoms with Crippen molar-refractivity contribution in [3.05, 3.63) is 35.8 Å². The van der Waals surface area contributed by atoms with Crippen molar-refractivity contribution in [3.8, 4) is 0 Å². The maximum Gasteiger partial charge on any atom is 0.124 e. The number of fused-ring (bicyclic) bond motifs is 1. The minimum absolute atomic E-state index is 0.179. The van der Waals surface area contributed by atoms with Crippen molar-refractivity contribution < 1.29 is 4.39 Å². The molecule has 0 amide bonds. The van der Waals surface area contributed by atoms with E-state index in [0.29, 0.717) is 5.41 Å². The first-order valence-corrected chi connectivity index (χ1v) is 7.47. The van der Waals surface area contributed by atoms with Gasteiger partial charge in [-0.2, -0.15) is 0 Å². The van der Waals surface area contributed by atoms with Gasteiger partial charge in [0.25, 0.3) is 0 Å². The molecule has 1 saturated carbocycles. The molecule has 0 bridgehead atoms. The lowest BCUT2D eigenvalue weighted by Crippen LogP contribution is -2.33. The number of nitrogens with zero attached hydrogens (tertiary/aromatic N) is 2. The average molecular weight is 270 g/mol. The number of hydrogen-bond donors (Lipinski definition) is 0. The first-order chi connectivity index (χ1) is 9.65. The van der Waals surface area contributed by atoms with Gasteiger partial charge in [-0.1, -0.05) is 6.42 Å². The first-order valence-electron chi connectivity index (χ1n) is 7.47. The summed E-state index contributed by atoms with van der Waals surface area (Å²) in [5.74, 6) is -0.179. The van der Waals surface area contributed by atoms with Crippen LogP contribution in [0.25, 0.3) is 10.9 Å². The zero-order chi connectivity index (χ0) is 13.7. The Morgan fingerprint density at radius 3 is 2.75 bits per heavy atom. The Morgan fingerprint density at radius 2 is 2.05 bits per heavy atom. The zero-order valence-electron chi connectivity index (χ0n) is 11.8. The van der Waals surface area contributed by atoms with Crippen LogP contribution in [0.15, 0.2) is 24.3 Å². The van der Waals surface area contributed by atoms with Gasteiger partial charge in [0.05, 0.1) is 5.52 Å². The van der Waals surface area contributed by atoms with Crippen molar-refractivity contribution in [1.29, 1.82) is 0 Å². The van der Waals surface area contributed by atoms with E-state index in [4.69, 9.17) is 0 Å². The maximum absolute atomic E-state index is 13.6. The third-order valence-corrected chi connectivity index (χ3v) is 5.07. The van der Waals surface area contributed by atoms with E-state index in [1.807, 2.05) is 6.92 Å². The predicted octanol–water partition coefficient (Wildman–Crippen LogP) is 4.06. The Morgan fingerprint density at radius 1 is 1.20 bits per heavy atom. The molecule has 1 aliphatic carbocycles. The molecule has 2 heterocycles. The van der Waals surface area contributed by atoms with Crippen LogP contribution < -0.4 is 4.90 Å². The Hall–Kier alpha value is -1.64. The summed E-state index contributed by atoms with van der Waals surface area (Å²) in [5.41, 5.74) is 3.62. The van der Waals surface area contributed by atoms with E-state index in [2.05, 4.69) is 16.0 Å². The van der Waals surface area contributed by atoms with Gasteiger partial charge in [-0.25, -0.2) is 4.39 Å². The molecule has 2 fully saturated rings. The number of anilines is 1. The largest absolute Gasteiger partial charge is 0.370 e. The Bertz CT molecular complexity index is 676. The second-order valence-electron chi connectivity index (χ2n) is 6.47. The summed E-state index contributed by atoms with van der Waals surface area (Å²) in [6.45, 7) is 4.23. The number of hydrogen-bond acceptors (Lipinski definition) is 2. The highest BCUT2D eigenvalue weighted by Gasteiger charge is 2.43. The molecule has 0 N–H and O–H groups in total. The molecule has 2 nitrogen and oxygen atoms in total. The zero-order valence-corrected chi connectivity index (χ0v) is 11.8. The van der Waals surface area contributed by atoms with Gasteiger partial charge in [0.1, 0.15) is 5.82 Å². The molecular formula is C17H19FN2. The van der Waals surface area contributed by atoms with Gasteiger partial charge < -0.3 is 4.90 Å². The Kier molecular flexibility index (Phi) is 2.53. The number of aryl methyl sites for hydroxylation is 1. The van der Waals surface area contributed by atoms with Crippen molar-refractivity contribution in [1.82, 2.24) is 4.98 Å². The maximum atomic E-state index is 13.6. The SMILES string of the molecule is Cc1cc(N2CCC3(CCC3)C2)c2cc(F)ccc2n1. The normalized spacial score (nSPS) is 20.6. The van der Waals surface area contributed by atoms with Crippen LogP contribution >= 0.6 is 0 Å². The van der Waals surface area contributed by atoms with E-state index in [1.54, 1.807) is 12.1 Å². The highest BCUT2D eigenvalue weighted by Crippen LogP contribution is 2.49. The summed E-state index contributed by atoms with van der Waals surface area (Å²) in [6.07, 6.45) is 5.38. The lowest BCUT2D eigenvalue weighted by atomic mass is 9.68. The van der Waals surface area contributed by atoms with Crippen molar-refractivity contribution in [2.45, 2.75) is 32.6 Å². The van der Waals surface area contributed by atoms with Crippen LogP contribution in [-0.4, -0.2) is 18.1 Å². The van der Waals surface area contributed by atoms with E-state index < -0.39 is 0 Å². The monoisotopic (exact) mass is 270 g/mol. The smallest absolute Gasteiger partial charge is 0.124 e. The molecule has 3 heteroatoms. The van der Waals surface area contributed by atoms with Crippen LogP contribution in [0, 0.1) is 18.2 Å². The van der Waals surface area contributed by atoms with Crippen LogP contribution in [0.4, 0.5) is 10.1 Å². The summed E-state index contributed by atoms with van der Waals surface area (Å²) < 4.78 is 13.6. The molecule has 104 valence electrons. The third-order valence-electron chi connectivity index (χ3n) is 5.07. The highest BCUT2D eigenvalue weighted by molar-refractivity contribution is 5.92. The van der Waals surface area contributed by atoms with Crippen LogP contribution in [-0.2, 0) is 0 Å². The van der Waals surface area contributed by atoms with Crippen LogP contribution in [0.1, 0.15) is 31.4 Å². The molecule has 1 spiro atoms. The second kappa shape index (κ2) is 4.18. The second-order valence-corrected chi connectivity index (χ2v) is 6.47. The van der Waals surface area contributed by atoms with E-state index in [1.165, 1.54) is 31.7 Å². The molecule has 4 rings (SSSR count). The molecule has 2 aliphatic rings.